The van der Waals surface area contributed by atoms with Crippen LogP contribution in [0.15, 0.2) is 53.1 Å². The molecule has 0 atom stereocenters. The summed E-state index contributed by atoms with van der Waals surface area (Å²) in [5.74, 6) is 0.0136. The number of carbonyl (C=O) groups is 1. The van der Waals surface area contributed by atoms with Crippen molar-refractivity contribution in [2.24, 2.45) is 7.05 Å². The third-order valence-corrected chi connectivity index (χ3v) is 4.06. The molecule has 8 heteroatoms. The van der Waals surface area contributed by atoms with E-state index in [1.54, 1.807) is 29.9 Å². The molecule has 0 amide bonds. The molecule has 0 aliphatic rings. The number of carbonyl (C=O) groups excluding carboxylic acids is 1. The first-order chi connectivity index (χ1) is 12.6. The van der Waals surface area contributed by atoms with Gasteiger partial charge in [0, 0.05) is 23.0 Å². The number of esters is 1. The average molecular weight is 369 g/mol. The Morgan fingerprint density at radius 1 is 1.23 bits per heavy atom. The summed E-state index contributed by atoms with van der Waals surface area (Å²) in [7, 11) is 1.77. The van der Waals surface area contributed by atoms with Gasteiger partial charge in [-0.05, 0) is 18.2 Å². The fraction of sp³-hybridized carbons (Fsp3) is 0.111. The van der Waals surface area contributed by atoms with Gasteiger partial charge in [0.25, 0.3) is 5.89 Å². The molecule has 4 rings (SSSR count). The summed E-state index contributed by atoms with van der Waals surface area (Å²) >= 11 is 5.96. The molecular formula is C18H13ClN4O3. The first-order valence-corrected chi connectivity index (χ1v) is 8.17. The maximum atomic E-state index is 12.4. The summed E-state index contributed by atoms with van der Waals surface area (Å²) in [5, 5.41) is 9.40. The van der Waals surface area contributed by atoms with E-state index >= 15 is 0 Å². The molecule has 2 aromatic heterocycles. The van der Waals surface area contributed by atoms with E-state index < -0.39 is 5.97 Å². The Morgan fingerprint density at radius 2 is 2.08 bits per heavy atom. The summed E-state index contributed by atoms with van der Waals surface area (Å²) in [6.45, 7) is -0.142. The molecule has 130 valence electrons. The largest absolute Gasteiger partial charge is 0.451 e. The normalized spacial score (nSPS) is 11.0. The van der Waals surface area contributed by atoms with Crippen LogP contribution < -0.4 is 0 Å². The van der Waals surface area contributed by atoms with Crippen molar-refractivity contribution < 1.29 is 14.1 Å². The molecule has 26 heavy (non-hydrogen) atoms. The van der Waals surface area contributed by atoms with Gasteiger partial charge in [-0.3, -0.25) is 4.68 Å². The molecule has 0 aliphatic carbocycles. The Labute approximate surface area is 153 Å². The van der Waals surface area contributed by atoms with Crippen LogP contribution in [0.3, 0.4) is 0 Å². The van der Waals surface area contributed by atoms with Gasteiger partial charge < -0.3 is 9.26 Å². The molecule has 0 radical (unpaired) electrons. The molecule has 7 nitrogen and oxygen atoms in total. The smallest absolute Gasteiger partial charge is 0.360 e. The van der Waals surface area contributed by atoms with E-state index in [1.165, 1.54) is 0 Å². The number of rotatable bonds is 4. The van der Waals surface area contributed by atoms with Crippen molar-refractivity contribution in [1.29, 1.82) is 0 Å². The Kier molecular flexibility index (Phi) is 4.14. The molecule has 0 saturated heterocycles. The van der Waals surface area contributed by atoms with E-state index in [4.69, 9.17) is 20.9 Å². The Morgan fingerprint density at radius 3 is 2.92 bits per heavy atom. The second-order valence-corrected chi connectivity index (χ2v) is 6.02. The van der Waals surface area contributed by atoms with E-state index in [1.807, 2.05) is 30.3 Å². The lowest BCUT2D eigenvalue weighted by molar-refractivity contribution is 0.0424. The molecule has 2 aromatic carbocycles. The van der Waals surface area contributed by atoms with Gasteiger partial charge in [-0.1, -0.05) is 47.1 Å². The number of aromatic nitrogens is 4. The van der Waals surface area contributed by atoms with Crippen LogP contribution in [-0.4, -0.2) is 25.9 Å². The minimum absolute atomic E-state index is 0.142. The van der Waals surface area contributed by atoms with E-state index in [0.717, 1.165) is 16.5 Å². The highest BCUT2D eigenvalue weighted by atomic mass is 35.5. The monoisotopic (exact) mass is 368 g/mol. The molecule has 0 fully saturated rings. The summed E-state index contributed by atoms with van der Waals surface area (Å²) in [6.07, 6.45) is 0. The number of hydrogen-bond acceptors (Lipinski definition) is 6. The maximum Gasteiger partial charge on any atom is 0.360 e. The van der Waals surface area contributed by atoms with E-state index in [0.29, 0.717) is 10.8 Å². The summed E-state index contributed by atoms with van der Waals surface area (Å²) in [6, 6.07) is 14.5. The molecule has 0 saturated carbocycles. The highest BCUT2D eigenvalue weighted by molar-refractivity contribution is 6.30. The topological polar surface area (TPSA) is 83.0 Å². The summed E-state index contributed by atoms with van der Waals surface area (Å²) in [5.41, 5.74) is 1.81. The summed E-state index contributed by atoms with van der Waals surface area (Å²) < 4.78 is 12.0. The molecule has 0 N–H and O–H groups in total. The van der Waals surface area contributed by atoms with Gasteiger partial charge in [0.05, 0.1) is 5.52 Å². The molecule has 2 heterocycles. The van der Waals surface area contributed by atoms with Gasteiger partial charge in [-0.15, -0.1) is 0 Å². The summed E-state index contributed by atoms with van der Waals surface area (Å²) in [4.78, 5) is 16.6. The Hall–Kier alpha value is -3.19. The SMILES string of the molecule is Cn1nc(C(=O)OCc2nc(-c3cccc(Cl)c3)no2)c2ccccc21. The highest BCUT2D eigenvalue weighted by Gasteiger charge is 2.18. The van der Waals surface area contributed by atoms with Gasteiger partial charge in [0.15, 0.2) is 12.3 Å². The molecular weight excluding hydrogens is 356 g/mol. The van der Waals surface area contributed by atoms with E-state index in [2.05, 4.69) is 15.2 Å². The van der Waals surface area contributed by atoms with Gasteiger partial charge in [-0.25, -0.2) is 4.79 Å². The predicted molar refractivity (Wildman–Crippen MR) is 94.6 cm³/mol. The zero-order valence-electron chi connectivity index (χ0n) is 13.7. The third kappa shape index (κ3) is 3.04. The molecule has 0 aliphatic heterocycles. The fourth-order valence-corrected chi connectivity index (χ4v) is 2.81. The van der Waals surface area contributed by atoms with Crippen molar-refractivity contribution in [3.63, 3.8) is 0 Å². The van der Waals surface area contributed by atoms with Gasteiger partial charge >= 0.3 is 5.97 Å². The van der Waals surface area contributed by atoms with Crippen molar-refractivity contribution in [1.82, 2.24) is 19.9 Å². The van der Waals surface area contributed by atoms with Crippen LogP contribution in [-0.2, 0) is 18.4 Å². The van der Waals surface area contributed by atoms with Crippen LogP contribution in [0.5, 0.6) is 0 Å². The lowest BCUT2D eigenvalue weighted by Crippen LogP contribution is -2.07. The second kappa shape index (κ2) is 6.61. The van der Waals surface area contributed by atoms with Gasteiger partial charge in [0.1, 0.15) is 0 Å². The number of benzene rings is 2. The number of halogens is 1. The fourth-order valence-electron chi connectivity index (χ4n) is 2.62. The highest BCUT2D eigenvalue weighted by Crippen LogP contribution is 2.21. The van der Waals surface area contributed by atoms with Crippen molar-refractivity contribution >= 4 is 28.5 Å². The molecule has 4 aromatic rings. The lowest BCUT2D eigenvalue weighted by atomic mass is 10.2. The van der Waals surface area contributed by atoms with Crippen molar-refractivity contribution in [2.75, 3.05) is 0 Å². The minimum Gasteiger partial charge on any atom is -0.451 e. The first kappa shape index (κ1) is 16.3. The quantitative estimate of drug-likeness (QED) is 0.511. The number of fused-ring (bicyclic) bond motifs is 1. The molecule has 0 unspecified atom stereocenters. The van der Waals surface area contributed by atoms with Gasteiger partial charge in [0.2, 0.25) is 5.82 Å². The van der Waals surface area contributed by atoms with Crippen molar-refractivity contribution in [3.05, 3.63) is 65.1 Å². The zero-order chi connectivity index (χ0) is 18.1. The molecule has 0 bridgehead atoms. The number of ether oxygens (including phenoxy) is 1. The number of para-hydroxylation sites is 1. The van der Waals surface area contributed by atoms with Crippen LogP contribution in [0.4, 0.5) is 0 Å². The van der Waals surface area contributed by atoms with Crippen molar-refractivity contribution in [2.45, 2.75) is 6.61 Å². The van der Waals surface area contributed by atoms with Crippen LogP contribution in [0.25, 0.3) is 22.3 Å². The van der Waals surface area contributed by atoms with Crippen molar-refractivity contribution in [3.8, 4) is 11.4 Å². The maximum absolute atomic E-state index is 12.4. The average Bonchev–Trinajstić information content (AvgIpc) is 3.25. The van der Waals surface area contributed by atoms with Crippen LogP contribution >= 0.6 is 11.6 Å². The predicted octanol–water partition coefficient (Wildman–Crippen LogP) is 3.63. The Bertz CT molecular complexity index is 1100. The standard InChI is InChI=1S/C18H13ClN4O3/c1-23-14-8-3-2-7-13(14)16(21-23)18(24)25-10-15-20-17(22-26-15)11-5-4-6-12(19)9-11/h2-9H,10H2,1H3. The zero-order valence-corrected chi connectivity index (χ0v) is 14.5. The minimum atomic E-state index is -0.552. The van der Waals surface area contributed by atoms with E-state index in [-0.39, 0.29) is 18.2 Å². The lowest BCUT2D eigenvalue weighted by Gasteiger charge is -1.99. The van der Waals surface area contributed by atoms with Crippen LogP contribution in [0, 0.1) is 0 Å². The second-order valence-electron chi connectivity index (χ2n) is 5.59. The number of hydrogen-bond donors (Lipinski definition) is 0. The van der Waals surface area contributed by atoms with Gasteiger partial charge in [-0.2, -0.15) is 10.1 Å². The number of nitrogens with zero attached hydrogens (tertiary/aromatic N) is 4. The van der Waals surface area contributed by atoms with Crippen LogP contribution in [0.1, 0.15) is 16.4 Å². The number of aryl methyl sites for hydroxylation is 1. The van der Waals surface area contributed by atoms with E-state index in [9.17, 15) is 4.79 Å². The third-order valence-electron chi connectivity index (χ3n) is 3.83. The first-order valence-electron chi connectivity index (χ1n) is 7.79. The Balaban J connectivity index is 1.50. The van der Waals surface area contributed by atoms with Crippen LogP contribution in [0.2, 0.25) is 5.02 Å². The molecule has 0 spiro atoms.